The Morgan fingerprint density at radius 1 is 1.38 bits per heavy atom. The van der Waals surface area contributed by atoms with E-state index < -0.39 is 5.97 Å². The van der Waals surface area contributed by atoms with E-state index in [1.807, 2.05) is 18.2 Å². The Morgan fingerprint density at radius 3 is 2.81 bits per heavy atom. The van der Waals surface area contributed by atoms with Gasteiger partial charge in [0.2, 0.25) is 0 Å². The van der Waals surface area contributed by atoms with Crippen molar-refractivity contribution >= 4 is 38.4 Å². The molecule has 0 saturated heterocycles. The number of halogens is 1. The maximum Gasteiger partial charge on any atom is 0.339 e. The van der Waals surface area contributed by atoms with Crippen molar-refractivity contribution in [2.45, 2.75) is 0 Å². The van der Waals surface area contributed by atoms with Crippen LogP contribution in [0.5, 0.6) is 0 Å². The molecule has 4 heteroatoms. The van der Waals surface area contributed by atoms with Gasteiger partial charge < -0.3 is 10.5 Å². The van der Waals surface area contributed by atoms with Gasteiger partial charge >= 0.3 is 5.97 Å². The number of ether oxygens (including phenoxy) is 1. The summed E-state index contributed by atoms with van der Waals surface area (Å²) in [6.07, 6.45) is 0. The second-order valence-electron chi connectivity index (χ2n) is 3.39. The summed E-state index contributed by atoms with van der Waals surface area (Å²) in [6, 6.07) is 9.29. The predicted molar refractivity (Wildman–Crippen MR) is 67.4 cm³/mol. The molecule has 16 heavy (non-hydrogen) atoms. The molecule has 0 radical (unpaired) electrons. The average molecular weight is 280 g/mol. The zero-order valence-corrected chi connectivity index (χ0v) is 10.2. The minimum absolute atomic E-state index is 0.391. The molecule has 2 N–H and O–H groups in total. The lowest BCUT2D eigenvalue weighted by Gasteiger charge is -2.07. The third kappa shape index (κ3) is 1.76. The molecule has 2 aromatic rings. The van der Waals surface area contributed by atoms with Crippen molar-refractivity contribution in [1.29, 1.82) is 0 Å². The SMILES string of the molecule is COC(=O)c1cc2c(Br)cccc2cc1N. The number of rotatable bonds is 1. The first-order chi connectivity index (χ1) is 7.63. The van der Waals surface area contributed by atoms with Crippen LogP contribution in [0.1, 0.15) is 10.4 Å². The topological polar surface area (TPSA) is 52.3 Å². The van der Waals surface area contributed by atoms with Gasteiger partial charge in [0.25, 0.3) is 0 Å². The van der Waals surface area contributed by atoms with Crippen molar-refractivity contribution in [1.82, 2.24) is 0 Å². The van der Waals surface area contributed by atoms with E-state index in [1.165, 1.54) is 7.11 Å². The number of hydrogen-bond acceptors (Lipinski definition) is 3. The number of fused-ring (bicyclic) bond motifs is 1. The van der Waals surface area contributed by atoms with Crippen LogP contribution in [-0.2, 0) is 4.74 Å². The molecule has 0 saturated carbocycles. The number of carbonyl (C=O) groups is 1. The zero-order chi connectivity index (χ0) is 11.7. The number of carbonyl (C=O) groups excluding carboxylic acids is 1. The summed E-state index contributed by atoms with van der Waals surface area (Å²) in [5.41, 5.74) is 6.62. The fourth-order valence-electron chi connectivity index (χ4n) is 1.59. The molecule has 3 nitrogen and oxygen atoms in total. The molecule has 0 atom stereocenters. The summed E-state index contributed by atoms with van der Waals surface area (Å²) in [5.74, 6) is -0.421. The third-order valence-corrected chi connectivity index (χ3v) is 3.09. The minimum Gasteiger partial charge on any atom is -0.465 e. The molecule has 0 spiro atoms. The summed E-state index contributed by atoms with van der Waals surface area (Å²) in [4.78, 5) is 11.5. The van der Waals surface area contributed by atoms with Crippen LogP contribution < -0.4 is 5.73 Å². The van der Waals surface area contributed by atoms with Crippen LogP contribution in [0.15, 0.2) is 34.8 Å². The van der Waals surface area contributed by atoms with Crippen LogP contribution in [0, 0.1) is 0 Å². The van der Waals surface area contributed by atoms with E-state index in [4.69, 9.17) is 5.73 Å². The molecule has 0 aliphatic rings. The quantitative estimate of drug-likeness (QED) is 0.645. The van der Waals surface area contributed by atoms with Crippen LogP contribution in [0.3, 0.4) is 0 Å². The molecule has 0 amide bonds. The second-order valence-corrected chi connectivity index (χ2v) is 4.25. The molecular formula is C12H10BrNO2. The van der Waals surface area contributed by atoms with Gasteiger partial charge in [-0.05, 0) is 29.0 Å². The summed E-state index contributed by atoms with van der Waals surface area (Å²) in [7, 11) is 1.34. The lowest BCUT2D eigenvalue weighted by atomic mass is 10.1. The number of nitrogens with two attached hydrogens (primary N) is 1. The van der Waals surface area contributed by atoms with E-state index in [0.29, 0.717) is 11.3 Å². The zero-order valence-electron chi connectivity index (χ0n) is 8.66. The summed E-state index contributed by atoms with van der Waals surface area (Å²) in [5, 5.41) is 1.93. The Labute approximate surface area is 101 Å². The Bertz CT molecular complexity index is 566. The smallest absolute Gasteiger partial charge is 0.339 e. The standard InChI is InChI=1S/C12H10BrNO2/c1-16-12(15)9-6-8-7(5-11(9)14)3-2-4-10(8)13/h2-6H,14H2,1H3. The van der Waals surface area contributed by atoms with Crippen molar-refractivity contribution in [2.24, 2.45) is 0 Å². The molecule has 0 unspecified atom stereocenters. The molecule has 0 aliphatic heterocycles. The van der Waals surface area contributed by atoms with Crippen LogP contribution in [-0.4, -0.2) is 13.1 Å². The second kappa shape index (κ2) is 4.14. The first-order valence-corrected chi connectivity index (χ1v) is 5.49. The summed E-state index contributed by atoms with van der Waals surface area (Å²) >= 11 is 3.43. The van der Waals surface area contributed by atoms with Crippen LogP contribution in [0.2, 0.25) is 0 Å². The maximum atomic E-state index is 11.5. The van der Waals surface area contributed by atoms with Gasteiger partial charge in [0.1, 0.15) is 0 Å². The Hall–Kier alpha value is -1.55. The molecule has 2 aromatic carbocycles. The fraction of sp³-hybridized carbons (Fsp3) is 0.0833. The molecule has 0 aromatic heterocycles. The highest BCUT2D eigenvalue weighted by molar-refractivity contribution is 9.10. The van der Waals surface area contributed by atoms with Gasteiger partial charge in [-0.3, -0.25) is 0 Å². The van der Waals surface area contributed by atoms with E-state index in [1.54, 1.807) is 12.1 Å². The number of benzene rings is 2. The van der Waals surface area contributed by atoms with Crippen LogP contribution in [0.4, 0.5) is 5.69 Å². The molecule has 82 valence electrons. The lowest BCUT2D eigenvalue weighted by molar-refractivity contribution is 0.0602. The van der Waals surface area contributed by atoms with E-state index in [0.717, 1.165) is 15.2 Å². The van der Waals surface area contributed by atoms with Gasteiger partial charge in [-0.2, -0.15) is 0 Å². The van der Waals surface area contributed by atoms with Gasteiger partial charge in [0, 0.05) is 10.2 Å². The summed E-state index contributed by atoms with van der Waals surface area (Å²) in [6.45, 7) is 0. The monoisotopic (exact) mass is 279 g/mol. The van der Waals surface area contributed by atoms with Crippen molar-refractivity contribution < 1.29 is 9.53 Å². The molecular weight excluding hydrogens is 270 g/mol. The van der Waals surface area contributed by atoms with E-state index in [9.17, 15) is 4.79 Å². The number of nitrogen functional groups attached to an aromatic ring is 1. The first kappa shape index (κ1) is 11.0. The van der Waals surface area contributed by atoms with Crippen LogP contribution in [0.25, 0.3) is 10.8 Å². The van der Waals surface area contributed by atoms with E-state index in [2.05, 4.69) is 20.7 Å². The van der Waals surface area contributed by atoms with Gasteiger partial charge in [-0.15, -0.1) is 0 Å². The largest absolute Gasteiger partial charge is 0.465 e. The molecule has 0 fully saturated rings. The third-order valence-electron chi connectivity index (χ3n) is 2.40. The van der Waals surface area contributed by atoms with Gasteiger partial charge in [0.15, 0.2) is 0 Å². The highest BCUT2D eigenvalue weighted by Crippen LogP contribution is 2.28. The number of methoxy groups -OCH3 is 1. The van der Waals surface area contributed by atoms with Crippen molar-refractivity contribution in [3.8, 4) is 0 Å². The van der Waals surface area contributed by atoms with Gasteiger partial charge in [0.05, 0.1) is 12.7 Å². The average Bonchev–Trinajstić information content (AvgIpc) is 2.28. The van der Waals surface area contributed by atoms with Crippen molar-refractivity contribution in [2.75, 3.05) is 12.8 Å². The molecule has 0 bridgehead atoms. The lowest BCUT2D eigenvalue weighted by Crippen LogP contribution is -2.05. The van der Waals surface area contributed by atoms with Gasteiger partial charge in [-0.1, -0.05) is 28.1 Å². The van der Waals surface area contributed by atoms with E-state index in [-0.39, 0.29) is 0 Å². The number of esters is 1. The van der Waals surface area contributed by atoms with Gasteiger partial charge in [-0.25, -0.2) is 4.79 Å². The molecule has 0 aliphatic carbocycles. The first-order valence-electron chi connectivity index (χ1n) is 4.69. The minimum atomic E-state index is -0.421. The van der Waals surface area contributed by atoms with E-state index >= 15 is 0 Å². The Kier molecular flexibility index (Phi) is 2.83. The summed E-state index contributed by atoms with van der Waals surface area (Å²) < 4.78 is 5.60. The normalized spacial score (nSPS) is 10.4. The van der Waals surface area contributed by atoms with Crippen LogP contribution >= 0.6 is 15.9 Å². The maximum absolute atomic E-state index is 11.5. The van der Waals surface area contributed by atoms with Crippen molar-refractivity contribution in [3.63, 3.8) is 0 Å². The fourth-order valence-corrected chi connectivity index (χ4v) is 2.09. The predicted octanol–water partition coefficient (Wildman–Crippen LogP) is 2.97. The molecule has 0 heterocycles. The molecule has 2 rings (SSSR count). The Balaban J connectivity index is 2.74. The highest BCUT2D eigenvalue weighted by atomic mass is 79.9. The van der Waals surface area contributed by atoms with Crippen molar-refractivity contribution in [3.05, 3.63) is 40.4 Å². The Morgan fingerprint density at radius 2 is 2.12 bits per heavy atom. The number of hydrogen-bond donors (Lipinski definition) is 1. The highest BCUT2D eigenvalue weighted by Gasteiger charge is 2.11. The number of anilines is 1.